The molecule has 4 atom stereocenters. The highest BCUT2D eigenvalue weighted by Gasteiger charge is 2.44. The van der Waals surface area contributed by atoms with Crippen molar-refractivity contribution in [2.24, 2.45) is 0 Å². The lowest BCUT2D eigenvalue weighted by molar-refractivity contribution is -0.170. The number of hydrogen-bond donors (Lipinski definition) is 3. The van der Waals surface area contributed by atoms with Crippen LogP contribution in [-0.2, 0) is 14.3 Å². The second kappa shape index (κ2) is 4.01. The maximum Gasteiger partial charge on any atom is 0.303 e. The van der Waals surface area contributed by atoms with Gasteiger partial charge >= 0.3 is 5.97 Å². The predicted molar refractivity (Wildman–Crippen MR) is 39.5 cm³/mol. The Bertz CT molecular complexity index is 193. The van der Waals surface area contributed by atoms with Gasteiger partial charge in [0.2, 0.25) is 0 Å². The first-order valence-electron chi connectivity index (χ1n) is 3.86. The Morgan fingerprint density at radius 2 is 2.15 bits per heavy atom. The molecule has 76 valence electrons. The van der Waals surface area contributed by atoms with Crippen LogP contribution in [0, 0.1) is 0 Å². The smallest absolute Gasteiger partial charge is 0.303 e. The second-order valence-corrected chi connectivity index (χ2v) is 2.81. The quantitative estimate of drug-likeness (QED) is 0.437. The Hall–Kier alpha value is -0.690. The number of ether oxygens (including phenoxy) is 2. The molecule has 0 saturated carbocycles. The number of esters is 1. The zero-order chi connectivity index (χ0) is 10.0. The van der Waals surface area contributed by atoms with E-state index in [-0.39, 0.29) is 0 Å². The summed E-state index contributed by atoms with van der Waals surface area (Å²) in [5, 5.41) is 27.2. The molecular weight excluding hydrogens is 180 g/mol. The molecule has 0 bridgehead atoms. The van der Waals surface area contributed by atoms with Crippen molar-refractivity contribution in [3.05, 3.63) is 0 Å². The van der Waals surface area contributed by atoms with Crippen LogP contribution in [0.5, 0.6) is 0 Å². The molecule has 1 saturated heterocycles. The van der Waals surface area contributed by atoms with Gasteiger partial charge in [-0.25, -0.2) is 0 Å². The highest BCUT2D eigenvalue weighted by atomic mass is 16.7. The monoisotopic (exact) mass is 192 g/mol. The van der Waals surface area contributed by atoms with Crippen LogP contribution in [0.1, 0.15) is 6.92 Å². The minimum atomic E-state index is -1.38. The van der Waals surface area contributed by atoms with Crippen molar-refractivity contribution in [2.45, 2.75) is 31.5 Å². The Morgan fingerprint density at radius 3 is 2.54 bits per heavy atom. The number of rotatable bonds is 2. The van der Waals surface area contributed by atoms with Gasteiger partial charge in [0.1, 0.15) is 12.2 Å². The normalized spacial score (nSPS) is 39.1. The van der Waals surface area contributed by atoms with Gasteiger partial charge in [0, 0.05) is 6.92 Å². The Balaban J connectivity index is 2.58. The minimum Gasteiger partial charge on any atom is -0.454 e. The van der Waals surface area contributed by atoms with Gasteiger partial charge in [-0.2, -0.15) is 0 Å². The van der Waals surface area contributed by atoms with Gasteiger partial charge in [-0.05, 0) is 0 Å². The Labute approximate surface area is 74.7 Å². The average Bonchev–Trinajstić information content (AvgIpc) is 2.31. The van der Waals surface area contributed by atoms with Crippen molar-refractivity contribution in [3.8, 4) is 0 Å². The topological polar surface area (TPSA) is 96.2 Å². The molecule has 0 radical (unpaired) electrons. The first-order chi connectivity index (χ1) is 6.06. The Morgan fingerprint density at radius 1 is 1.54 bits per heavy atom. The maximum atomic E-state index is 10.5. The lowest BCUT2D eigenvalue weighted by atomic mass is 10.1. The molecule has 0 aromatic heterocycles. The summed E-state index contributed by atoms with van der Waals surface area (Å²) in [6.07, 6.45) is -4.59. The molecule has 1 unspecified atom stereocenters. The van der Waals surface area contributed by atoms with E-state index in [0.29, 0.717) is 0 Å². The van der Waals surface area contributed by atoms with Gasteiger partial charge in [-0.1, -0.05) is 0 Å². The van der Waals surface area contributed by atoms with Crippen LogP contribution in [0.25, 0.3) is 0 Å². The van der Waals surface area contributed by atoms with E-state index in [1.165, 1.54) is 0 Å². The van der Waals surface area contributed by atoms with Crippen LogP contribution in [0.15, 0.2) is 0 Å². The second-order valence-electron chi connectivity index (χ2n) is 2.81. The lowest BCUT2D eigenvalue weighted by Gasteiger charge is -2.16. The van der Waals surface area contributed by atoms with Crippen LogP contribution in [0.4, 0.5) is 0 Å². The molecule has 6 nitrogen and oxygen atoms in total. The highest BCUT2D eigenvalue weighted by Crippen LogP contribution is 2.22. The Kier molecular flexibility index (Phi) is 3.21. The van der Waals surface area contributed by atoms with Crippen LogP contribution < -0.4 is 0 Å². The van der Waals surface area contributed by atoms with Crippen LogP contribution in [-0.4, -0.2) is 52.5 Å². The van der Waals surface area contributed by atoms with E-state index in [2.05, 4.69) is 4.74 Å². The minimum absolute atomic E-state index is 0.435. The van der Waals surface area contributed by atoms with E-state index in [4.69, 9.17) is 14.9 Å². The molecule has 6 heteroatoms. The number of aliphatic hydroxyl groups is 3. The third-order valence-electron chi connectivity index (χ3n) is 1.79. The summed E-state index contributed by atoms with van der Waals surface area (Å²) in [4.78, 5) is 10.5. The molecule has 3 N–H and O–H groups in total. The molecule has 0 aromatic rings. The van der Waals surface area contributed by atoms with Crippen molar-refractivity contribution in [1.29, 1.82) is 0 Å². The first kappa shape index (κ1) is 10.4. The standard InChI is InChI=1S/C7H12O6/c1-3(9)12-6-5(10)4(2-8)13-7(6)11/h4-8,10-11H,2H2,1H3/t4-,5-,6+,7?/m0/s1. The molecular formula is C7H12O6. The fraction of sp³-hybridized carbons (Fsp3) is 0.857. The van der Waals surface area contributed by atoms with Crippen molar-refractivity contribution in [1.82, 2.24) is 0 Å². The van der Waals surface area contributed by atoms with E-state index in [9.17, 15) is 9.90 Å². The summed E-state index contributed by atoms with van der Waals surface area (Å²) in [5.74, 6) is -0.620. The van der Waals surface area contributed by atoms with Gasteiger partial charge in [-0.15, -0.1) is 0 Å². The fourth-order valence-corrected chi connectivity index (χ4v) is 1.19. The van der Waals surface area contributed by atoms with Crippen molar-refractivity contribution >= 4 is 5.97 Å². The van der Waals surface area contributed by atoms with Gasteiger partial charge in [-0.3, -0.25) is 4.79 Å². The lowest BCUT2D eigenvalue weighted by Crippen LogP contribution is -2.37. The molecule has 0 aromatic carbocycles. The highest BCUT2D eigenvalue weighted by molar-refractivity contribution is 5.66. The van der Waals surface area contributed by atoms with Crippen molar-refractivity contribution in [2.75, 3.05) is 6.61 Å². The van der Waals surface area contributed by atoms with Crippen molar-refractivity contribution in [3.63, 3.8) is 0 Å². The zero-order valence-corrected chi connectivity index (χ0v) is 7.08. The SMILES string of the molecule is CC(=O)O[C@H]1C(O)O[C@@H](CO)[C@@H]1O. The third kappa shape index (κ3) is 2.16. The fourth-order valence-electron chi connectivity index (χ4n) is 1.19. The largest absolute Gasteiger partial charge is 0.454 e. The van der Waals surface area contributed by atoms with E-state index in [1.807, 2.05) is 0 Å². The van der Waals surface area contributed by atoms with E-state index >= 15 is 0 Å². The molecule has 0 spiro atoms. The average molecular weight is 192 g/mol. The molecule has 1 heterocycles. The van der Waals surface area contributed by atoms with E-state index in [1.54, 1.807) is 0 Å². The first-order valence-corrected chi connectivity index (χ1v) is 3.86. The number of carbonyl (C=O) groups excluding carboxylic acids is 1. The van der Waals surface area contributed by atoms with Crippen molar-refractivity contribution < 1.29 is 29.6 Å². The summed E-state index contributed by atoms with van der Waals surface area (Å²) in [7, 11) is 0. The number of hydrogen-bond acceptors (Lipinski definition) is 6. The molecule has 1 aliphatic heterocycles. The zero-order valence-electron chi connectivity index (χ0n) is 7.08. The summed E-state index contributed by atoms with van der Waals surface area (Å²) in [6.45, 7) is 0.724. The summed E-state index contributed by atoms with van der Waals surface area (Å²) < 4.78 is 9.31. The molecule has 0 amide bonds. The predicted octanol–water partition coefficient (Wildman–Crippen LogP) is -2.01. The van der Waals surface area contributed by atoms with Gasteiger partial charge in [0.15, 0.2) is 12.4 Å². The molecule has 13 heavy (non-hydrogen) atoms. The summed E-state index contributed by atoms with van der Waals surface area (Å²) in [6, 6.07) is 0. The maximum absolute atomic E-state index is 10.5. The van der Waals surface area contributed by atoms with E-state index < -0.39 is 37.2 Å². The summed E-state index contributed by atoms with van der Waals surface area (Å²) >= 11 is 0. The molecule has 1 fully saturated rings. The third-order valence-corrected chi connectivity index (χ3v) is 1.79. The molecule has 1 rings (SSSR count). The van der Waals surface area contributed by atoms with Gasteiger partial charge < -0.3 is 24.8 Å². The molecule has 1 aliphatic rings. The van der Waals surface area contributed by atoms with Crippen LogP contribution in [0.2, 0.25) is 0 Å². The molecule has 0 aliphatic carbocycles. The van der Waals surface area contributed by atoms with Gasteiger partial charge in [0.05, 0.1) is 6.61 Å². The number of carbonyl (C=O) groups is 1. The number of aliphatic hydroxyl groups excluding tert-OH is 3. The van der Waals surface area contributed by atoms with Gasteiger partial charge in [0.25, 0.3) is 0 Å². The van der Waals surface area contributed by atoms with E-state index in [0.717, 1.165) is 6.92 Å². The summed E-state index contributed by atoms with van der Waals surface area (Å²) in [5.41, 5.74) is 0. The van der Waals surface area contributed by atoms with Crippen LogP contribution >= 0.6 is 0 Å². The van der Waals surface area contributed by atoms with Crippen LogP contribution in [0.3, 0.4) is 0 Å².